The molecule has 1 amide bonds. The third-order valence-corrected chi connectivity index (χ3v) is 5.64. The van der Waals surface area contributed by atoms with Crippen LogP contribution in [0.2, 0.25) is 0 Å². The van der Waals surface area contributed by atoms with Gasteiger partial charge in [0.05, 0.1) is 19.1 Å². The van der Waals surface area contributed by atoms with Gasteiger partial charge in [-0.05, 0) is 50.9 Å². The van der Waals surface area contributed by atoms with E-state index in [0.717, 1.165) is 63.3 Å². The Morgan fingerprint density at radius 1 is 1.29 bits per heavy atom. The van der Waals surface area contributed by atoms with Crippen molar-refractivity contribution >= 4 is 36.4 Å². The van der Waals surface area contributed by atoms with E-state index >= 15 is 0 Å². The molecule has 0 bridgehead atoms. The fraction of sp³-hybridized carbons (Fsp3) is 0.650. The van der Waals surface area contributed by atoms with Gasteiger partial charge in [0, 0.05) is 38.0 Å². The maximum Gasteiger partial charge on any atom is 0.228 e. The Balaban J connectivity index is 0.00000196. The third kappa shape index (κ3) is 5.89. The van der Waals surface area contributed by atoms with Crippen LogP contribution in [0.15, 0.2) is 24.3 Å². The number of carbonyl (C=O) groups excluding carboxylic acids is 1. The average Bonchev–Trinajstić information content (AvgIpc) is 2.69. The van der Waals surface area contributed by atoms with Crippen LogP contribution in [0.4, 0.5) is 5.69 Å². The van der Waals surface area contributed by atoms with Crippen LogP contribution in [0, 0.1) is 5.41 Å². The quantitative estimate of drug-likeness (QED) is 0.721. The maximum atomic E-state index is 13.1. The Bertz CT molecular complexity index is 607. The van der Waals surface area contributed by atoms with Gasteiger partial charge in [0.2, 0.25) is 5.91 Å². The highest BCUT2D eigenvalue weighted by molar-refractivity contribution is 5.85. The summed E-state index contributed by atoms with van der Waals surface area (Å²) in [5.74, 6) is 1.01. The first-order chi connectivity index (χ1) is 12.7. The summed E-state index contributed by atoms with van der Waals surface area (Å²) in [6.07, 6.45) is 3.76. The van der Waals surface area contributed by atoms with Crippen LogP contribution < -0.4 is 20.3 Å². The number of piperidine rings is 2. The van der Waals surface area contributed by atoms with Gasteiger partial charge in [0.25, 0.3) is 0 Å². The number of nitrogens with zero attached hydrogens (tertiary/aromatic N) is 1. The van der Waals surface area contributed by atoms with Crippen LogP contribution in [0.25, 0.3) is 0 Å². The van der Waals surface area contributed by atoms with Crippen molar-refractivity contribution in [3.63, 3.8) is 0 Å². The highest BCUT2D eigenvalue weighted by Crippen LogP contribution is 2.30. The summed E-state index contributed by atoms with van der Waals surface area (Å²) in [7, 11) is 3.37. The molecule has 28 heavy (non-hydrogen) atoms. The van der Waals surface area contributed by atoms with E-state index in [1.807, 2.05) is 12.1 Å². The van der Waals surface area contributed by atoms with Crippen LogP contribution in [-0.4, -0.2) is 59.0 Å². The zero-order valence-corrected chi connectivity index (χ0v) is 18.4. The van der Waals surface area contributed by atoms with Crippen molar-refractivity contribution in [2.75, 3.05) is 51.9 Å². The molecule has 1 aromatic carbocycles. The van der Waals surface area contributed by atoms with Gasteiger partial charge in [0.15, 0.2) is 0 Å². The molecule has 2 fully saturated rings. The molecule has 1 unspecified atom stereocenters. The average molecular weight is 434 g/mol. The van der Waals surface area contributed by atoms with Crippen molar-refractivity contribution in [1.29, 1.82) is 0 Å². The number of hydrogen-bond acceptors (Lipinski definition) is 5. The summed E-state index contributed by atoms with van der Waals surface area (Å²) in [6, 6.07) is 8.30. The number of anilines is 1. The fourth-order valence-corrected chi connectivity index (χ4v) is 4.09. The van der Waals surface area contributed by atoms with Gasteiger partial charge in [-0.3, -0.25) is 4.79 Å². The highest BCUT2D eigenvalue weighted by atomic mass is 35.5. The minimum absolute atomic E-state index is 0. The molecule has 3 rings (SSSR count). The number of ether oxygens (including phenoxy) is 2. The maximum absolute atomic E-state index is 13.1. The Morgan fingerprint density at radius 3 is 2.71 bits per heavy atom. The molecule has 0 saturated carbocycles. The van der Waals surface area contributed by atoms with E-state index in [4.69, 9.17) is 9.47 Å². The molecule has 1 atom stereocenters. The van der Waals surface area contributed by atoms with Crippen LogP contribution in [-0.2, 0) is 9.53 Å². The monoisotopic (exact) mass is 433 g/mol. The van der Waals surface area contributed by atoms with E-state index in [0.29, 0.717) is 6.61 Å². The largest absolute Gasteiger partial charge is 0.497 e. The molecule has 6 nitrogen and oxygen atoms in total. The van der Waals surface area contributed by atoms with Gasteiger partial charge in [-0.1, -0.05) is 6.07 Å². The zero-order valence-electron chi connectivity index (χ0n) is 16.7. The summed E-state index contributed by atoms with van der Waals surface area (Å²) in [5, 5.41) is 6.66. The molecule has 0 aromatic heterocycles. The van der Waals surface area contributed by atoms with Crippen molar-refractivity contribution in [2.24, 2.45) is 5.41 Å². The number of carbonyl (C=O) groups is 1. The molecule has 1 aromatic rings. The summed E-state index contributed by atoms with van der Waals surface area (Å²) in [5.41, 5.74) is 0.759. The smallest absolute Gasteiger partial charge is 0.228 e. The van der Waals surface area contributed by atoms with E-state index in [-0.39, 0.29) is 36.8 Å². The van der Waals surface area contributed by atoms with Crippen LogP contribution in [0.1, 0.15) is 25.7 Å². The van der Waals surface area contributed by atoms with Crippen LogP contribution in [0.5, 0.6) is 5.75 Å². The Morgan fingerprint density at radius 2 is 2.04 bits per heavy atom. The first-order valence-electron chi connectivity index (χ1n) is 9.56. The number of nitrogens with one attached hydrogen (secondary N) is 2. The molecule has 2 heterocycles. The third-order valence-electron chi connectivity index (χ3n) is 5.64. The molecular formula is C20H33Cl2N3O3. The van der Waals surface area contributed by atoms with Gasteiger partial charge in [0.1, 0.15) is 5.75 Å². The van der Waals surface area contributed by atoms with Gasteiger partial charge in [-0.25, -0.2) is 0 Å². The first-order valence-corrected chi connectivity index (χ1v) is 9.56. The van der Waals surface area contributed by atoms with Crippen molar-refractivity contribution in [1.82, 2.24) is 10.6 Å². The van der Waals surface area contributed by atoms with Crippen molar-refractivity contribution in [3.05, 3.63) is 24.3 Å². The molecule has 2 aliphatic rings. The van der Waals surface area contributed by atoms with Crippen LogP contribution in [0.3, 0.4) is 0 Å². The molecule has 160 valence electrons. The Labute approximate surface area is 180 Å². The molecular weight excluding hydrogens is 401 g/mol. The van der Waals surface area contributed by atoms with Crippen molar-refractivity contribution in [2.45, 2.75) is 31.7 Å². The highest BCUT2D eigenvalue weighted by Gasteiger charge is 2.40. The molecule has 8 heteroatoms. The predicted molar refractivity (Wildman–Crippen MR) is 117 cm³/mol. The number of amides is 1. The molecule has 2 N–H and O–H groups in total. The SMILES string of the molecule is COCC1(C(=O)NC2CCCN(c3cccc(OC)c3)C2)CCNCC1.Cl.Cl. The number of benzene rings is 1. The van der Waals surface area contributed by atoms with E-state index in [9.17, 15) is 4.79 Å². The number of rotatable bonds is 6. The molecule has 0 aliphatic carbocycles. The Hall–Kier alpha value is -1.21. The lowest BCUT2D eigenvalue weighted by atomic mass is 9.78. The lowest BCUT2D eigenvalue weighted by Gasteiger charge is -2.39. The van der Waals surface area contributed by atoms with Crippen molar-refractivity contribution < 1.29 is 14.3 Å². The predicted octanol–water partition coefficient (Wildman–Crippen LogP) is 2.64. The fourth-order valence-electron chi connectivity index (χ4n) is 4.09. The number of methoxy groups -OCH3 is 2. The van der Waals surface area contributed by atoms with Gasteiger partial charge in [-0.15, -0.1) is 24.8 Å². The standard InChI is InChI=1S/C20H31N3O3.2ClH/c1-25-15-20(8-10-21-11-9-20)19(24)22-16-5-4-12-23(14-16)17-6-3-7-18(13-17)26-2;;/h3,6-7,13,16,21H,4-5,8-12,14-15H2,1-2H3,(H,22,24);2*1H. The second kappa shape index (κ2) is 11.7. The lowest BCUT2D eigenvalue weighted by molar-refractivity contribution is -0.137. The lowest BCUT2D eigenvalue weighted by Crippen LogP contribution is -2.55. The number of halogens is 2. The van der Waals surface area contributed by atoms with E-state index in [1.54, 1.807) is 14.2 Å². The summed E-state index contributed by atoms with van der Waals surface area (Å²) >= 11 is 0. The Kier molecular flexibility index (Phi) is 10.4. The zero-order chi connectivity index (χ0) is 18.4. The van der Waals surface area contributed by atoms with Crippen LogP contribution >= 0.6 is 24.8 Å². The van der Waals surface area contributed by atoms with Crippen molar-refractivity contribution in [3.8, 4) is 5.75 Å². The van der Waals surface area contributed by atoms with E-state index < -0.39 is 5.41 Å². The second-order valence-electron chi connectivity index (χ2n) is 7.42. The van der Waals surface area contributed by atoms with Gasteiger partial charge >= 0.3 is 0 Å². The first kappa shape index (κ1) is 24.8. The van der Waals surface area contributed by atoms with Gasteiger partial charge < -0.3 is 25.0 Å². The minimum atomic E-state index is -0.391. The molecule has 0 spiro atoms. The molecule has 0 radical (unpaired) electrons. The molecule has 2 saturated heterocycles. The number of hydrogen-bond donors (Lipinski definition) is 2. The second-order valence-corrected chi connectivity index (χ2v) is 7.42. The van der Waals surface area contributed by atoms with Gasteiger partial charge in [-0.2, -0.15) is 0 Å². The summed E-state index contributed by atoms with van der Waals surface area (Å²) in [4.78, 5) is 15.4. The summed E-state index contributed by atoms with van der Waals surface area (Å²) < 4.78 is 10.7. The normalized spacial score (nSPS) is 21.1. The van der Waals surface area contributed by atoms with E-state index in [1.165, 1.54) is 0 Å². The van der Waals surface area contributed by atoms with E-state index in [2.05, 4.69) is 27.7 Å². The summed E-state index contributed by atoms with van der Waals surface area (Å²) in [6.45, 7) is 4.08. The molecule has 2 aliphatic heterocycles. The minimum Gasteiger partial charge on any atom is -0.497 e. The topological polar surface area (TPSA) is 62.8 Å².